The van der Waals surface area contributed by atoms with Gasteiger partial charge in [0.1, 0.15) is 0 Å². The molecule has 0 radical (unpaired) electrons. The average Bonchev–Trinajstić information content (AvgIpc) is 3.48. The minimum Gasteiger partial charge on any atom is -0.453 e. The van der Waals surface area contributed by atoms with Gasteiger partial charge in [0, 0.05) is 20.9 Å². The van der Waals surface area contributed by atoms with Gasteiger partial charge in [0.2, 0.25) is 0 Å². The van der Waals surface area contributed by atoms with Crippen LogP contribution in [0.4, 0.5) is 0 Å². The molecule has 1 nitrogen and oxygen atoms in total. The van der Waals surface area contributed by atoms with Gasteiger partial charge >= 0.3 is 0 Å². The van der Waals surface area contributed by atoms with Crippen molar-refractivity contribution in [2.24, 2.45) is 0 Å². The topological polar surface area (TPSA) is 13.1 Å². The summed E-state index contributed by atoms with van der Waals surface area (Å²) in [5.41, 5.74) is 2.42. The number of hydrogen-bond donors (Lipinski definition) is 0. The molecule has 0 saturated heterocycles. The molecule has 0 N–H and O–H groups in total. The van der Waals surface area contributed by atoms with Crippen molar-refractivity contribution in [1.29, 1.82) is 0 Å². The largest absolute Gasteiger partial charge is 0.453 e. The van der Waals surface area contributed by atoms with Gasteiger partial charge < -0.3 is 4.42 Å². The zero-order chi connectivity index (χ0) is 16.6. The van der Waals surface area contributed by atoms with Crippen molar-refractivity contribution in [1.82, 2.24) is 0 Å². The van der Waals surface area contributed by atoms with Crippen LogP contribution in [0.5, 0.6) is 0 Å². The standard InChI is InChI=1S/C20H12OS4/c1-5-13(22-9-1)17-18(14-6-2-10-23-14)20(16-8-4-12-25-16)21-19(17)15-7-3-11-24-15/h1-12H. The maximum Gasteiger partial charge on any atom is 0.154 e. The quantitative estimate of drug-likeness (QED) is 0.298. The van der Waals surface area contributed by atoms with Crippen LogP contribution in [0.25, 0.3) is 42.2 Å². The van der Waals surface area contributed by atoms with E-state index in [-0.39, 0.29) is 0 Å². The molecule has 5 heterocycles. The van der Waals surface area contributed by atoms with Gasteiger partial charge in [-0.25, -0.2) is 0 Å². The number of thiophene rings is 4. The molecule has 0 aliphatic rings. The van der Waals surface area contributed by atoms with E-state index in [4.69, 9.17) is 4.42 Å². The zero-order valence-corrected chi connectivity index (χ0v) is 16.2. The van der Waals surface area contributed by atoms with Crippen molar-refractivity contribution in [2.45, 2.75) is 0 Å². The highest BCUT2D eigenvalue weighted by Gasteiger charge is 2.26. The second-order valence-corrected chi connectivity index (χ2v) is 9.21. The first kappa shape index (κ1) is 15.3. The summed E-state index contributed by atoms with van der Waals surface area (Å²) in [4.78, 5) is 4.84. The Morgan fingerprint density at radius 2 is 0.840 bits per heavy atom. The third kappa shape index (κ3) is 2.64. The highest BCUT2D eigenvalue weighted by molar-refractivity contribution is 7.16. The molecule has 0 bridgehead atoms. The van der Waals surface area contributed by atoms with E-state index in [0.29, 0.717) is 0 Å². The van der Waals surface area contributed by atoms with E-state index < -0.39 is 0 Å². The van der Waals surface area contributed by atoms with Crippen LogP contribution in [-0.2, 0) is 0 Å². The first-order chi connectivity index (χ1) is 12.4. The average molecular weight is 397 g/mol. The summed E-state index contributed by atoms with van der Waals surface area (Å²) in [6.07, 6.45) is 0. The third-order valence-corrected chi connectivity index (χ3v) is 7.45. The number of furan rings is 1. The second kappa shape index (κ2) is 6.42. The van der Waals surface area contributed by atoms with Crippen molar-refractivity contribution in [3.05, 3.63) is 70.1 Å². The molecule has 0 aliphatic carbocycles. The van der Waals surface area contributed by atoms with E-state index >= 15 is 0 Å². The molecular weight excluding hydrogens is 384 g/mol. The molecule has 0 spiro atoms. The zero-order valence-electron chi connectivity index (χ0n) is 13.0. The molecule has 0 fully saturated rings. The van der Waals surface area contributed by atoms with E-state index in [0.717, 1.165) is 11.5 Å². The lowest BCUT2D eigenvalue weighted by atomic mass is 10.0. The highest BCUT2D eigenvalue weighted by Crippen LogP contribution is 2.51. The molecule has 0 unspecified atom stereocenters. The minimum absolute atomic E-state index is 0.976. The summed E-state index contributed by atoms with van der Waals surface area (Å²) in [6, 6.07) is 17.0. The van der Waals surface area contributed by atoms with Crippen molar-refractivity contribution in [2.75, 3.05) is 0 Å². The third-order valence-electron chi connectivity index (χ3n) is 3.93. The molecule has 0 aliphatic heterocycles. The Kier molecular flexibility index (Phi) is 3.94. The van der Waals surface area contributed by atoms with Crippen LogP contribution in [0.1, 0.15) is 0 Å². The molecule has 5 rings (SSSR count). The van der Waals surface area contributed by atoms with E-state index in [9.17, 15) is 0 Å². The Bertz CT molecular complexity index is 977. The lowest BCUT2D eigenvalue weighted by Gasteiger charge is -2.02. The van der Waals surface area contributed by atoms with Gasteiger partial charge in [-0.05, 0) is 45.8 Å². The van der Waals surface area contributed by atoms with Gasteiger partial charge in [-0.3, -0.25) is 0 Å². The highest BCUT2D eigenvalue weighted by atomic mass is 32.1. The van der Waals surface area contributed by atoms with Gasteiger partial charge in [-0.15, -0.1) is 45.3 Å². The lowest BCUT2D eigenvalue weighted by molar-refractivity contribution is 0.602. The summed E-state index contributed by atoms with van der Waals surface area (Å²) >= 11 is 6.97. The van der Waals surface area contributed by atoms with E-state index in [1.165, 1.54) is 30.6 Å². The predicted octanol–water partition coefficient (Wildman–Crippen LogP) is 8.19. The Hall–Kier alpha value is -1.92. The van der Waals surface area contributed by atoms with Crippen molar-refractivity contribution in [3.63, 3.8) is 0 Å². The Morgan fingerprint density at radius 3 is 1.16 bits per heavy atom. The first-order valence-corrected chi connectivity index (χ1v) is 11.3. The molecular formula is C20H12OS4. The smallest absolute Gasteiger partial charge is 0.154 e. The van der Waals surface area contributed by atoms with Gasteiger partial charge in [0.25, 0.3) is 0 Å². The molecule has 25 heavy (non-hydrogen) atoms. The Balaban J connectivity index is 1.88. The predicted molar refractivity (Wildman–Crippen MR) is 112 cm³/mol. The molecule has 0 aromatic carbocycles. The van der Waals surface area contributed by atoms with Gasteiger partial charge in [0.15, 0.2) is 11.5 Å². The fourth-order valence-electron chi connectivity index (χ4n) is 2.91. The van der Waals surface area contributed by atoms with Crippen molar-refractivity contribution in [3.8, 4) is 42.2 Å². The van der Waals surface area contributed by atoms with E-state index in [1.807, 2.05) is 0 Å². The molecule has 5 aromatic rings. The molecule has 0 saturated carbocycles. The van der Waals surface area contributed by atoms with E-state index in [2.05, 4.69) is 70.1 Å². The molecule has 5 heteroatoms. The second-order valence-electron chi connectivity index (χ2n) is 5.42. The molecule has 0 atom stereocenters. The van der Waals surface area contributed by atoms with Gasteiger partial charge in [-0.1, -0.05) is 24.3 Å². The van der Waals surface area contributed by atoms with Gasteiger partial charge in [-0.2, -0.15) is 0 Å². The van der Waals surface area contributed by atoms with Crippen molar-refractivity contribution < 1.29 is 4.42 Å². The summed E-state index contributed by atoms with van der Waals surface area (Å²) in [6.45, 7) is 0. The van der Waals surface area contributed by atoms with Gasteiger partial charge in [0.05, 0.1) is 9.75 Å². The van der Waals surface area contributed by atoms with E-state index in [1.54, 1.807) is 45.3 Å². The molecule has 0 amide bonds. The Morgan fingerprint density at radius 1 is 0.480 bits per heavy atom. The van der Waals surface area contributed by atoms with Crippen LogP contribution in [0.15, 0.2) is 74.5 Å². The first-order valence-electron chi connectivity index (χ1n) is 7.74. The number of hydrogen-bond acceptors (Lipinski definition) is 5. The van der Waals surface area contributed by atoms with Crippen LogP contribution in [-0.4, -0.2) is 0 Å². The fraction of sp³-hybridized carbons (Fsp3) is 0. The SMILES string of the molecule is c1csc(-c2oc(-c3cccs3)c(-c3cccs3)c2-c2cccs2)c1. The normalized spacial score (nSPS) is 11.2. The van der Waals surface area contributed by atoms with Crippen LogP contribution >= 0.6 is 45.3 Å². The van der Waals surface area contributed by atoms with Crippen LogP contribution in [0.3, 0.4) is 0 Å². The minimum atomic E-state index is 0.976. The summed E-state index contributed by atoms with van der Waals surface area (Å²) in [5, 5.41) is 8.46. The lowest BCUT2D eigenvalue weighted by Crippen LogP contribution is -1.79. The molecule has 5 aromatic heterocycles. The summed E-state index contributed by atoms with van der Waals surface area (Å²) in [5.74, 6) is 1.95. The Labute approximate surface area is 161 Å². The van der Waals surface area contributed by atoms with Crippen molar-refractivity contribution >= 4 is 45.3 Å². The fourth-order valence-corrected chi connectivity index (χ4v) is 5.88. The maximum atomic E-state index is 6.52. The van der Waals surface area contributed by atoms with Crippen LogP contribution in [0.2, 0.25) is 0 Å². The monoisotopic (exact) mass is 396 g/mol. The maximum absolute atomic E-state index is 6.52. The van der Waals surface area contributed by atoms with Crippen LogP contribution in [0, 0.1) is 0 Å². The molecule has 122 valence electrons. The van der Waals surface area contributed by atoms with Crippen LogP contribution < -0.4 is 0 Å². The summed E-state index contributed by atoms with van der Waals surface area (Å²) in [7, 11) is 0. The summed E-state index contributed by atoms with van der Waals surface area (Å²) < 4.78 is 6.52. The number of rotatable bonds is 4.